The van der Waals surface area contributed by atoms with E-state index in [1.165, 1.54) is 6.20 Å². The van der Waals surface area contributed by atoms with Crippen LogP contribution in [0.2, 0.25) is 0 Å². The summed E-state index contributed by atoms with van der Waals surface area (Å²) in [7, 11) is 0. The highest BCUT2D eigenvalue weighted by atomic mass is 79.9. The van der Waals surface area contributed by atoms with E-state index in [-0.39, 0.29) is 5.56 Å². The minimum atomic E-state index is -0.943. The first-order valence-corrected chi connectivity index (χ1v) is 5.17. The molecule has 2 aromatic rings. The first-order valence-electron chi connectivity index (χ1n) is 4.38. The van der Waals surface area contributed by atoms with E-state index in [2.05, 4.69) is 20.9 Å². The fourth-order valence-corrected chi connectivity index (χ4v) is 1.87. The van der Waals surface area contributed by atoms with Crippen LogP contribution in [-0.4, -0.2) is 16.1 Å². The maximum atomic E-state index is 10.9. The van der Waals surface area contributed by atoms with Gasteiger partial charge in [0.2, 0.25) is 0 Å². The molecule has 0 amide bonds. The lowest BCUT2D eigenvalue weighted by atomic mass is 10.1. The highest BCUT2D eigenvalue weighted by Gasteiger charge is 2.10. The van der Waals surface area contributed by atoms with E-state index in [0.717, 1.165) is 20.9 Å². The number of aryl methyl sites for hydroxylation is 1. The molecule has 1 aromatic heterocycles. The van der Waals surface area contributed by atoms with E-state index < -0.39 is 5.97 Å². The zero-order chi connectivity index (χ0) is 11.0. The van der Waals surface area contributed by atoms with E-state index >= 15 is 0 Å². The van der Waals surface area contributed by atoms with Crippen molar-refractivity contribution in [2.45, 2.75) is 6.92 Å². The minimum absolute atomic E-state index is 0.251. The van der Waals surface area contributed by atoms with Gasteiger partial charge in [0.25, 0.3) is 0 Å². The number of pyridine rings is 1. The van der Waals surface area contributed by atoms with Crippen molar-refractivity contribution in [3.63, 3.8) is 0 Å². The standard InChI is InChI=1S/C11H8BrNO2/c1-6-8-4-7(12)2-3-10(8)13-5-9(6)11(14)15/h2-5H,1H3,(H,14,15). The number of benzene rings is 1. The van der Waals surface area contributed by atoms with Crippen molar-refractivity contribution in [1.29, 1.82) is 0 Å². The second kappa shape index (κ2) is 3.62. The third-order valence-electron chi connectivity index (χ3n) is 2.33. The van der Waals surface area contributed by atoms with Crippen LogP contribution in [0.5, 0.6) is 0 Å². The molecule has 76 valence electrons. The maximum absolute atomic E-state index is 10.9. The third kappa shape index (κ3) is 1.72. The van der Waals surface area contributed by atoms with Crippen molar-refractivity contribution < 1.29 is 9.90 Å². The molecule has 0 aliphatic carbocycles. The Hall–Kier alpha value is -1.42. The zero-order valence-corrected chi connectivity index (χ0v) is 9.58. The number of aromatic nitrogens is 1. The molecule has 1 N–H and O–H groups in total. The van der Waals surface area contributed by atoms with Crippen molar-refractivity contribution in [3.8, 4) is 0 Å². The normalized spacial score (nSPS) is 10.5. The van der Waals surface area contributed by atoms with Gasteiger partial charge in [-0.15, -0.1) is 0 Å². The SMILES string of the molecule is Cc1c(C(=O)O)cnc2ccc(Br)cc12. The molecule has 0 saturated heterocycles. The lowest BCUT2D eigenvalue weighted by Crippen LogP contribution is -2.01. The van der Waals surface area contributed by atoms with E-state index in [1.807, 2.05) is 18.2 Å². The lowest BCUT2D eigenvalue weighted by Gasteiger charge is -2.05. The summed E-state index contributed by atoms with van der Waals surface area (Å²) in [5.41, 5.74) is 1.80. The fourth-order valence-electron chi connectivity index (χ4n) is 1.51. The summed E-state index contributed by atoms with van der Waals surface area (Å²) in [5, 5.41) is 9.81. The highest BCUT2D eigenvalue weighted by Crippen LogP contribution is 2.23. The van der Waals surface area contributed by atoms with E-state index in [1.54, 1.807) is 6.92 Å². The summed E-state index contributed by atoms with van der Waals surface area (Å²) in [4.78, 5) is 15.0. The number of hydrogen-bond acceptors (Lipinski definition) is 2. The molecule has 4 heteroatoms. The van der Waals surface area contributed by atoms with Crippen LogP contribution in [0.1, 0.15) is 15.9 Å². The number of carboxylic acid groups (broad SMARTS) is 1. The van der Waals surface area contributed by atoms with Gasteiger partial charge in [0, 0.05) is 16.1 Å². The average Bonchev–Trinajstić information content (AvgIpc) is 2.19. The number of hydrogen-bond donors (Lipinski definition) is 1. The fraction of sp³-hybridized carbons (Fsp3) is 0.0909. The third-order valence-corrected chi connectivity index (χ3v) is 2.82. The molecule has 0 unspecified atom stereocenters. The van der Waals surface area contributed by atoms with Gasteiger partial charge in [-0.2, -0.15) is 0 Å². The molecule has 0 spiro atoms. The van der Waals surface area contributed by atoms with Crippen LogP contribution >= 0.6 is 15.9 Å². The van der Waals surface area contributed by atoms with Gasteiger partial charge in [0.15, 0.2) is 0 Å². The lowest BCUT2D eigenvalue weighted by molar-refractivity contribution is 0.0696. The summed E-state index contributed by atoms with van der Waals surface area (Å²) in [6.07, 6.45) is 1.40. The molecule has 1 heterocycles. The monoisotopic (exact) mass is 265 g/mol. The van der Waals surface area contributed by atoms with Gasteiger partial charge in [-0.1, -0.05) is 15.9 Å². The summed E-state index contributed by atoms with van der Waals surface area (Å²) in [6.45, 7) is 1.79. The number of carboxylic acids is 1. The van der Waals surface area contributed by atoms with Crippen LogP contribution in [0.3, 0.4) is 0 Å². The predicted molar refractivity (Wildman–Crippen MR) is 61.1 cm³/mol. The number of fused-ring (bicyclic) bond motifs is 1. The van der Waals surface area contributed by atoms with Crippen molar-refractivity contribution >= 4 is 32.8 Å². The molecule has 0 fully saturated rings. The minimum Gasteiger partial charge on any atom is -0.478 e. The number of rotatable bonds is 1. The van der Waals surface area contributed by atoms with Crippen molar-refractivity contribution in [2.24, 2.45) is 0 Å². The summed E-state index contributed by atoms with van der Waals surface area (Å²) in [5.74, 6) is -0.943. The van der Waals surface area contributed by atoms with Gasteiger partial charge < -0.3 is 5.11 Å². The zero-order valence-electron chi connectivity index (χ0n) is 7.99. The van der Waals surface area contributed by atoms with Crippen LogP contribution in [0.25, 0.3) is 10.9 Å². The van der Waals surface area contributed by atoms with Gasteiger partial charge in [-0.05, 0) is 30.7 Å². The molecule has 0 atom stereocenters. The quantitative estimate of drug-likeness (QED) is 0.863. The Bertz CT molecular complexity index is 552. The number of aromatic carboxylic acids is 1. The summed E-state index contributed by atoms with van der Waals surface area (Å²) in [6, 6.07) is 5.62. The molecular weight excluding hydrogens is 258 g/mol. The molecule has 3 nitrogen and oxygen atoms in total. The van der Waals surface area contributed by atoms with Crippen LogP contribution in [-0.2, 0) is 0 Å². The number of carbonyl (C=O) groups is 1. The molecule has 0 bridgehead atoms. The van der Waals surface area contributed by atoms with Crippen LogP contribution in [0.4, 0.5) is 0 Å². The van der Waals surface area contributed by atoms with Gasteiger partial charge in [0.1, 0.15) is 0 Å². The second-order valence-electron chi connectivity index (χ2n) is 3.26. The first-order chi connectivity index (χ1) is 7.09. The Morgan fingerprint density at radius 1 is 1.47 bits per heavy atom. The second-order valence-corrected chi connectivity index (χ2v) is 4.18. The molecule has 15 heavy (non-hydrogen) atoms. The molecule has 0 aliphatic heterocycles. The molecular formula is C11H8BrNO2. The van der Waals surface area contributed by atoms with Crippen LogP contribution in [0, 0.1) is 6.92 Å². The Kier molecular flexibility index (Phi) is 2.44. The maximum Gasteiger partial charge on any atom is 0.337 e. The van der Waals surface area contributed by atoms with Gasteiger partial charge >= 0.3 is 5.97 Å². The summed E-state index contributed by atoms with van der Waals surface area (Å²) < 4.78 is 0.919. The molecule has 1 aromatic carbocycles. The van der Waals surface area contributed by atoms with Gasteiger partial charge in [0.05, 0.1) is 11.1 Å². The average molecular weight is 266 g/mol. The molecule has 2 rings (SSSR count). The Morgan fingerprint density at radius 3 is 2.87 bits per heavy atom. The van der Waals surface area contributed by atoms with E-state index in [0.29, 0.717) is 0 Å². The van der Waals surface area contributed by atoms with E-state index in [9.17, 15) is 4.79 Å². The van der Waals surface area contributed by atoms with Crippen molar-refractivity contribution in [2.75, 3.05) is 0 Å². The highest BCUT2D eigenvalue weighted by molar-refractivity contribution is 9.10. The molecule has 0 radical (unpaired) electrons. The van der Waals surface area contributed by atoms with E-state index in [4.69, 9.17) is 5.11 Å². The van der Waals surface area contributed by atoms with Gasteiger partial charge in [-0.25, -0.2) is 4.79 Å². The topological polar surface area (TPSA) is 50.2 Å². The number of halogens is 1. The molecule has 0 saturated carbocycles. The predicted octanol–water partition coefficient (Wildman–Crippen LogP) is 3.00. The van der Waals surface area contributed by atoms with Crippen LogP contribution in [0.15, 0.2) is 28.9 Å². The summed E-state index contributed by atoms with van der Waals surface area (Å²) >= 11 is 3.35. The van der Waals surface area contributed by atoms with Gasteiger partial charge in [-0.3, -0.25) is 4.98 Å². The smallest absolute Gasteiger partial charge is 0.337 e. The first kappa shape index (κ1) is 10.1. The van der Waals surface area contributed by atoms with Crippen molar-refractivity contribution in [3.05, 3.63) is 40.0 Å². The largest absolute Gasteiger partial charge is 0.478 e. The Labute approximate surface area is 94.9 Å². The Balaban J connectivity index is 2.82. The molecule has 0 aliphatic rings. The Morgan fingerprint density at radius 2 is 2.20 bits per heavy atom. The number of nitrogens with zero attached hydrogens (tertiary/aromatic N) is 1. The van der Waals surface area contributed by atoms with Crippen molar-refractivity contribution in [1.82, 2.24) is 4.98 Å². The van der Waals surface area contributed by atoms with Crippen LogP contribution < -0.4 is 0 Å².